The lowest BCUT2D eigenvalue weighted by atomic mass is 10.0. The highest BCUT2D eigenvalue weighted by Gasteiger charge is 2.49. The molecule has 1 N–H and O–H groups in total. The van der Waals surface area contributed by atoms with Gasteiger partial charge < -0.3 is 15.0 Å². The molecule has 2 aliphatic rings. The molecule has 1 aromatic carbocycles. The maximum Gasteiger partial charge on any atom is 0.329 e. The second kappa shape index (κ2) is 5.76. The third-order valence-electron chi connectivity index (χ3n) is 3.99. The quantitative estimate of drug-likeness (QED) is 0.874. The Morgan fingerprint density at radius 1 is 1.32 bits per heavy atom. The largest absolute Gasteiger partial charge is 0.375 e. The van der Waals surface area contributed by atoms with Crippen molar-refractivity contribution in [3.63, 3.8) is 0 Å². The summed E-state index contributed by atoms with van der Waals surface area (Å²) in [7, 11) is 1.44. The molecule has 2 saturated heterocycles. The van der Waals surface area contributed by atoms with Crippen molar-refractivity contribution in [2.75, 3.05) is 25.2 Å². The van der Waals surface area contributed by atoms with Gasteiger partial charge in [0.05, 0.1) is 11.7 Å². The van der Waals surface area contributed by atoms with Gasteiger partial charge in [0.15, 0.2) is 0 Å². The van der Waals surface area contributed by atoms with Crippen LogP contribution in [0.1, 0.15) is 6.42 Å². The third kappa shape index (κ3) is 2.33. The average Bonchev–Trinajstić information content (AvgIpc) is 2.92. The van der Waals surface area contributed by atoms with Gasteiger partial charge in [-0.2, -0.15) is 0 Å². The highest BCUT2D eigenvalue weighted by atomic mass is 16.5. The van der Waals surface area contributed by atoms with Gasteiger partial charge in [-0.25, -0.2) is 9.69 Å². The minimum atomic E-state index is -0.666. The summed E-state index contributed by atoms with van der Waals surface area (Å²) < 4.78 is 4.86. The molecule has 0 aliphatic carbocycles. The van der Waals surface area contributed by atoms with Crippen molar-refractivity contribution in [1.82, 2.24) is 10.2 Å². The fourth-order valence-corrected chi connectivity index (χ4v) is 3.01. The summed E-state index contributed by atoms with van der Waals surface area (Å²) in [6, 6.07) is 7.25. The maximum atomic E-state index is 12.8. The average molecular weight is 303 g/mol. The third-order valence-corrected chi connectivity index (χ3v) is 3.99. The van der Waals surface area contributed by atoms with E-state index in [9.17, 15) is 14.4 Å². The summed E-state index contributed by atoms with van der Waals surface area (Å²) in [5.41, 5.74) is 0.495. The molecular weight excluding hydrogens is 286 g/mol. The zero-order valence-corrected chi connectivity index (χ0v) is 12.2. The molecule has 0 spiro atoms. The van der Waals surface area contributed by atoms with E-state index in [2.05, 4.69) is 5.32 Å². The summed E-state index contributed by atoms with van der Waals surface area (Å²) in [5.74, 6) is -0.616. The van der Waals surface area contributed by atoms with Gasteiger partial charge in [-0.3, -0.25) is 9.59 Å². The molecule has 116 valence electrons. The van der Waals surface area contributed by atoms with Crippen LogP contribution in [0.15, 0.2) is 30.3 Å². The number of carbonyl (C=O) groups is 3. The van der Waals surface area contributed by atoms with E-state index in [4.69, 9.17) is 4.74 Å². The molecule has 0 unspecified atom stereocenters. The summed E-state index contributed by atoms with van der Waals surface area (Å²) >= 11 is 0. The van der Waals surface area contributed by atoms with Crippen molar-refractivity contribution >= 4 is 23.5 Å². The number of amides is 4. The SMILES string of the molecule is COCC(=O)N1CC[C@H]2NC(=O)N(c3ccccc3)C(=O)[C@H]21. The predicted molar refractivity (Wildman–Crippen MR) is 78.2 cm³/mol. The van der Waals surface area contributed by atoms with Crippen molar-refractivity contribution in [2.24, 2.45) is 0 Å². The van der Waals surface area contributed by atoms with Crippen LogP contribution in [-0.4, -0.2) is 55.1 Å². The number of likely N-dealkylation sites (tertiary alicyclic amines) is 1. The number of para-hydroxylation sites is 1. The number of anilines is 1. The van der Waals surface area contributed by atoms with E-state index in [1.807, 2.05) is 6.07 Å². The number of benzene rings is 1. The van der Waals surface area contributed by atoms with Crippen LogP contribution in [0.2, 0.25) is 0 Å². The number of methoxy groups -OCH3 is 1. The number of hydrogen-bond donors (Lipinski definition) is 1. The lowest BCUT2D eigenvalue weighted by Crippen LogP contribution is -2.65. The van der Waals surface area contributed by atoms with Gasteiger partial charge in [0.25, 0.3) is 5.91 Å². The van der Waals surface area contributed by atoms with Gasteiger partial charge in [-0.05, 0) is 18.6 Å². The number of imide groups is 1. The number of urea groups is 1. The highest BCUT2D eigenvalue weighted by Crippen LogP contribution is 2.27. The molecular formula is C15H17N3O4. The van der Waals surface area contributed by atoms with Crippen molar-refractivity contribution in [2.45, 2.75) is 18.5 Å². The molecule has 3 rings (SSSR count). The molecule has 0 aromatic heterocycles. The number of fused-ring (bicyclic) bond motifs is 1. The molecule has 0 bridgehead atoms. The summed E-state index contributed by atoms with van der Waals surface area (Å²) in [6.07, 6.45) is 0.570. The number of rotatable bonds is 3. The van der Waals surface area contributed by atoms with E-state index >= 15 is 0 Å². The molecule has 22 heavy (non-hydrogen) atoms. The lowest BCUT2D eigenvalue weighted by molar-refractivity contribution is -0.140. The second-order valence-corrected chi connectivity index (χ2v) is 5.32. The van der Waals surface area contributed by atoms with Crippen molar-refractivity contribution in [3.8, 4) is 0 Å². The number of carbonyl (C=O) groups excluding carboxylic acids is 3. The van der Waals surface area contributed by atoms with Gasteiger partial charge in [-0.1, -0.05) is 18.2 Å². The molecule has 0 radical (unpaired) electrons. The van der Waals surface area contributed by atoms with E-state index in [-0.39, 0.29) is 24.5 Å². The summed E-state index contributed by atoms with van der Waals surface area (Å²) in [5, 5.41) is 2.82. The Morgan fingerprint density at radius 3 is 2.73 bits per heavy atom. The topological polar surface area (TPSA) is 79.0 Å². The first-order chi connectivity index (χ1) is 10.6. The van der Waals surface area contributed by atoms with Crippen LogP contribution in [0.4, 0.5) is 10.5 Å². The first-order valence-electron chi connectivity index (χ1n) is 7.11. The zero-order chi connectivity index (χ0) is 15.7. The zero-order valence-electron chi connectivity index (χ0n) is 12.2. The van der Waals surface area contributed by atoms with Crippen molar-refractivity contribution < 1.29 is 19.1 Å². The monoisotopic (exact) mass is 303 g/mol. The number of hydrogen-bond acceptors (Lipinski definition) is 4. The Bertz CT molecular complexity index is 604. The van der Waals surface area contributed by atoms with Gasteiger partial charge in [0.2, 0.25) is 5.91 Å². The van der Waals surface area contributed by atoms with E-state index in [0.717, 1.165) is 4.90 Å². The molecule has 2 aliphatic heterocycles. The maximum absolute atomic E-state index is 12.8. The van der Waals surface area contributed by atoms with Crippen LogP contribution in [0.3, 0.4) is 0 Å². The molecule has 2 heterocycles. The fourth-order valence-electron chi connectivity index (χ4n) is 3.01. The van der Waals surface area contributed by atoms with Crippen LogP contribution in [-0.2, 0) is 14.3 Å². The standard InChI is InChI=1S/C15H17N3O4/c1-22-9-12(19)17-8-7-11-13(17)14(20)18(15(21)16-11)10-5-3-2-4-6-10/h2-6,11,13H,7-9H2,1H3,(H,16,21)/t11-,13+/m1/s1. The minimum absolute atomic E-state index is 0.0736. The second-order valence-electron chi connectivity index (χ2n) is 5.32. The van der Waals surface area contributed by atoms with Gasteiger partial charge >= 0.3 is 6.03 Å². The normalized spacial score (nSPS) is 24.2. The van der Waals surface area contributed by atoms with E-state index < -0.39 is 12.1 Å². The number of nitrogens with one attached hydrogen (secondary N) is 1. The van der Waals surface area contributed by atoms with Crippen molar-refractivity contribution in [1.29, 1.82) is 0 Å². The van der Waals surface area contributed by atoms with Crippen molar-refractivity contribution in [3.05, 3.63) is 30.3 Å². The van der Waals surface area contributed by atoms with E-state index in [0.29, 0.717) is 18.7 Å². The minimum Gasteiger partial charge on any atom is -0.375 e. The smallest absolute Gasteiger partial charge is 0.329 e. The van der Waals surface area contributed by atoms with Gasteiger partial charge in [0.1, 0.15) is 12.6 Å². The first-order valence-corrected chi connectivity index (χ1v) is 7.11. The van der Waals surface area contributed by atoms with Crippen LogP contribution in [0.5, 0.6) is 0 Å². The molecule has 7 nitrogen and oxygen atoms in total. The predicted octanol–water partition coefficient (Wildman–Crippen LogP) is 0.359. The Hall–Kier alpha value is -2.41. The van der Waals surface area contributed by atoms with E-state index in [1.165, 1.54) is 12.0 Å². The number of ether oxygens (including phenoxy) is 1. The lowest BCUT2D eigenvalue weighted by Gasteiger charge is -2.36. The molecule has 7 heteroatoms. The Balaban J connectivity index is 1.89. The van der Waals surface area contributed by atoms with Gasteiger partial charge in [0, 0.05) is 13.7 Å². The van der Waals surface area contributed by atoms with Crippen LogP contribution < -0.4 is 10.2 Å². The Morgan fingerprint density at radius 2 is 2.05 bits per heavy atom. The Kier molecular flexibility index (Phi) is 3.81. The van der Waals surface area contributed by atoms with Crippen LogP contribution in [0, 0.1) is 0 Å². The molecule has 4 amide bonds. The molecule has 1 aromatic rings. The van der Waals surface area contributed by atoms with E-state index in [1.54, 1.807) is 24.3 Å². The number of nitrogens with zero attached hydrogens (tertiary/aromatic N) is 2. The first kappa shape index (κ1) is 14.5. The molecule has 2 fully saturated rings. The summed E-state index contributed by atoms with van der Waals surface area (Å²) in [6.45, 7) is 0.363. The summed E-state index contributed by atoms with van der Waals surface area (Å²) in [4.78, 5) is 39.7. The Labute approximate surface area is 127 Å². The highest BCUT2D eigenvalue weighted by molar-refractivity contribution is 6.19. The van der Waals surface area contributed by atoms with Gasteiger partial charge in [-0.15, -0.1) is 0 Å². The fraction of sp³-hybridized carbons (Fsp3) is 0.400. The molecule has 2 atom stereocenters. The van der Waals surface area contributed by atoms with Crippen LogP contribution >= 0.6 is 0 Å². The molecule has 0 saturated carbocycles. The van der Waals surface area contributed by atoms with Crippen LogP contribution in [0.25, 0.3) is 0 Å².